The number of halogens is 3. The zero-order chi connectivity index (χ0) is 24.5. The van der Waals surface area contributed by atoms with Crippen LogP contribution < -0.4 is 15.8 Å². The zero-order valence-electron chi connectivity index (χ0n) is 17.6. The number of para-hydroxylation sites is 1. The Balaban J connectivity index is 1.51. The highest BCUT2D eigenvalue weighted by atomic mass is 19.4. The van der Waals surface area contributed by atoms with Crippen molar-refractivity contribution in [2.45, 2.75) is 19.8 Å². The van der Waals surface area contributed by atoms with Gasteiger partial charge in [-0.25, -0.2) is 9.67 Å². The van der Waals surface area contributed by atoms with Crippen LogP contribution in [-0.4, -0.2) is 38.2 Å². The predicted molar refractivity (Wildman–Crippen MR) is 115 cm³/mol. The fourth-order valence-corrected chi connectivity index (χ4v) is 3.26. The summed E-state index contributed by atoms with van der Waals surface area (Å²) in [6.45, 7) is 1.86. The molecule has 0 aliphatic rings. The number of aromatic nitrogens is 4. The average molecular weight is 470 g/mol. The van der Waals surface area contributed by atoms with Gasteiger partial charge in [-0.05, 0) is 36.8 Å². The summed E-state index contributed by atoms with van der Waals surface area (Å²) >= 11 is 0. The Morgan fingerprint density at radius 3 is 2.50 bits per heavy atom. The number of anilines is 1. The summed E-state index contributed by atoms with van der Waals surface area (Å²) in [5.41, 5.74) is 7.16. The van der Waals surface area contributed by atoms with E-state index in [0.29, 0.717) is 22.2 Å². The number of nitrogens with zero attached hydrogens (tertiary/aromatic N) is 4. The molecule has 4 aromatic rings. The molecule has 0 radical (unpaired) electrons. The van der Waals surface area contributed by atoms with Gasteiger partial charge in [0.2, 0.25) is 5.91 Å². The summed E-state index contributed by atoms with van der Waals surface area (Å²) in [5, 5.41) is 11.1. The summed E-state index contributed by atoms with van der Waals surface area (Å²) in [4.78, 5) is 28.9. The standard InChI is InChI=1S/C22H17F3N6O3/c1-12-20(29-30-31(12)11-13-6-8-14(9-7-13)34-22(23,24)25)28-21(33)18-10-16(19(26)32)15-4-2-3-5-17(15)27-18/h2-10H,11H2,1H3,(H2,26,32)(H,28,33). The molecule has 0 spiro atoms. The van der Waals surface area contributed by atoms with Gasteiger partial charge in [-0.2, -0.15) is 0 Å². The number of nitrogens with two attached hydrogens (primary N) is 1. The van der Waals surface area contributed by atoms with Crippen LogP contribution in [0.1, 0.15) is 32.1 Å². The number of primary amides is 1. The maximum Gasteiger partial charge on any atom is 0.573 e. The molecular weight excluding hydrogens is 453 g/mol. The number of carbonyl (C=O) groups is 2. The largest absolute Gasteiger partial charge is 0.573 e. The van der Waals surface area contributed by atoms with Crippen molar-refractivity contribution >= 4 is 28.5 Å². The predicted octanol–water partition coefficient (Wildman–Crippen LogP) is 3.43. The van der Waals surface area contributed by atoms with Gasteiger partial charge in [0.25, 0.3) is 5.91 Å². The molecular formula is C22H17F3N6O3. The minimum Gasteiger partial charge on any atom is -0.406 e. The Labute approximate surface area is 190 Å². The zero-order valence-corrected chi connectivity index (χ0v) is 17.6. The molecule has 9 nitrogen and oxygen atoms in total. The average Bonchev–Trinajstić information content (AvgIpc) is 3.12. The van der Waals surface area contributed by atoms with E-state index in [0.717, 1.165) is 0 Å². The SMILES string of the molecule is Cc1c(NC(=O)c2cc(C(N)=O)c3ccccc3n2)nnn1Cc1ccc(OC(F)(F)F)cc1. The van der Waals surface area contributed by atoms with Gasteiger partial charge in [-0.3, -0.25) is 9.59 Å². The fraction of sp³-hybridized carbons (Fsp3) is 0.136. The van der Waals surface area contributed by atoms with Gasteiger partial charge in [-0.1, -0.05) is 35.5 Å². The van der Waals surface area contributed by atoms with E-state index in [-0.39, 0.29) is 29.4 Å². The first-order valence-electron chi connectivity index (χ1n) is 9.86. The van der Waals surface area contributed by atoms with E-state index in [1.54, 1.807) is 31.2 Å². The second-order valence-corrected chi connectivity index (χ2v) is 7.26. The second-order valence-electron chi connectivity index (χ2n) is 7.26. The molecule has 34 heavy (non-hydrogen) atoms. The van der Waals surface area contributed by atoms with Crippen molar-refractivity contribution in [2.24, 2.45) is 5.73 Å². The van der Waals surface area contributed by atoms with Crippen molar-refractivity contribution in [3.8, 4) is 5.75 Å². The van der Waals surface area contributed by atoms with E-state index < -0.39 is 18.2 Å². The highest BCUT2D eigenvalue weighted by Gasteiger charge is 2.31. The van der Waals surface area contributed by atoms with Gasteiger partial charge in [-0.15, -0.1) is 18.3 Å². The third-order valence-electron chi connectivity index (χ3n) is 4.92. The van der Waals surface area contributed by atoms with E-state index in [9.17, 15) is 22.8 Å². The van der Waals surface area contributed by atoms with Crippen molar-refractivity contribution in [3.05, 3.63) is 77.1 Å². The maximum atomic E-state index is 12.8. The first-order chi connectivity index (χ1) is 16.1. The lowest BCUT2D eigenvalue weighted by Gasteiger charge is -2.10. The highest BCUT2D eigenvalue weighted by Crippen LogP contribution is 2.23. The fourth-order valence-electron chi connectivity index (χ4n) is 3.26. The van der Waals surface area contributed by atoms with Crippen LogP contribution in [0.2, 0.25) is 0 Å². The Bertz CT molecular complexity index is 1380. The number of nitrogens with one attached hydrogen (secondary N) is 1. The summed E-state index contributed by atoms with van der Waals surface area (Å²) in [7, 11) is 0. The number of fused-ring (bicyclic) bond motifs is 1. The Kier molecular flexibility index (Phi) is 5.88. The lowest BCUT2D eigenvalue weighted by atomic mass is 10.1. The summed E-state index contributed by atoms with van der Waals surface area (Å²) < 4.78 is 42.2. The van der Waals surface area contributed by atoms with Gasteiger partial charge in [0, 0.05) is 5.39 Å². The molecule has 4 rings (SSSR count). The number of alkyl halides is 3. The first kappa shape index (κ1) is 22.7. The van der Waals surface area contributed by atoms with Crippen LogP contribution in [0.15, 0.2) is 54.6 Å². The van der Waals surface area contributed by atoms with Crippen molar-refractivity contribution in [1.82, 2.24) is 20.0 Å². The van der Waals surface area contributed by atoms with Crippen LogP contribution in [0.4, 0.5) is 19.0 Å². The molecule has 2 aromatic heterocycles. The third-order valence-corrected chi connectivity index (χ3v) is 4.92. The molecule has 0 saturated heterocycles. The Morgan fingerprint density at radius 2 is 1.82 bits per heavy atom. The molecule has 2 heterocycles. The lowest BCUT2D eigenvalue weighted by Crippen LogP contribution is -2.18. The van der Waals surface area contributed by atoms with E-state index >= 15 is 0 Å². The van der Waals surface area contributed by atoms with Gasteiger partial charge < -0.3 is 15.8 Å². The van der Waals surface area contributed by atoms with Crippen LogP contribution in [0, 0.1) is 6.92 Å². The van der Waals surface area contributed by atoms with Crippen LogP contribution in [0.25, 0.3) is 10.9 Å². The molecule has 12 heteroatoms. The van der Waals surface area contributed by atoms with Crippen molar-refractivity contribution in [2.75, 3.05) is 5.32 Å². The molecule has 0 fully saturated rings. The van der Waals surface area contributed by atoms with Crippen LogP contribution in [0.5, 0.6) is 5.75 Å². The molecule has 0 bridgehead atoms. The van der Waals surface area contributed by atoms with E-state index in [4.69, 9.17) is 5.73 Å². The summed E-state index contributed by atoms with van der Waals surface area (Å²) in [6, 6.07) is 13.4. The monoisotopic (exact) mass is 470 g/mol. The molecule has 0 unspecified atom stereocenters. The van der Waals surface area contributed by atoms with Gasteiger partial charge >= 0.3 is 6.36 Å². The van der Waals surface area contributed by atoms with Crippen LogP contribution in [-0.2, 0) is 6.54 Å². The minimum atomic E-state index is -4.77. The normalized spacial score (nSPS) is 11.4. The van der Waals surface area contributed by atoms with Crippen molar-refractivity contribution in [3.63, 3.8) is 0 Å². The number of hydrogen-bond acceptors (Lipinski definition) is 6. The number of amides is 2. The highest BCUT2D eigenvalue weighted by molar-refractivity contribution is 6.10. The number of rotatable bonds is 6. The first-order valence-corrected chi connectivity index (χ1v) is 9.86. The molecule has 0 saturated carbocycles. The molecule has 3 N–H and O–H groups in total. The van der Waals surface area contributed by atoms with Crippen LogP contribution >= 0.6 is 0 Å². The van der Waals surface area contributed by atoms with Crippen LogP contribution in [0.3, 0.4) is 0 Å². The molecule has 2 aromatic carbocycles. The third kappa shape index (κ3) is 4.95. The minimum absolute atomic E-state index is 0.0262. The molecule has 0 aliphatic carbocycles. The lowest BCUT2D eigenvalue weighted by molar-refractivity contribution is -0.274. The van der Waals surface area contributed by atoms with E-state index in [1.165, 1.54) is 35.0 Å². The number of hydrogen-bond donors (Lipinski definition) is 2. The molecule has 174 valence electrons. The summed E-state index contributed by atoms with van der Waals surface area (Å²) in [5.74, 6) is -1.48. The summed E-state index contributed by atoms with van der Waals surface area (Å²) in [6.07, 6.45) is -4.77. The van der Waals surface area contributed by atoms with Gasteiger partial charge in [0.15, 0.2) is 5.82 Å². The molecule has 0 aliphatic heterocycles. The van der Waals surface area contributed by atoms with Crippen molar-refractivity contribution < 1.29 is 27.5 Å². The van der Waals surface area contributed by atoms with Gasteiger partial charge in [0.05, 0.1) is 23.3 Å². The van der Waals surface area contributed by atoms with E-state index in [2.05, 4.69) is 25.3 Å². The van der Waals surface area contributed by atoms with Gasteiger partial charge in [0.1, 0.15) is 11.4 Å². The number of pyridine rings is 1. The van der Waals surface area contributed by atoms with E-state index in [1.807, 2.05) is 0 Å². The number of ether oxygens (including phenoxy) is 1. The smallest absolute Gasteiger partial charge is 0.406 e. The Hall–Kier alpha value is -4.48. The quantitative estimate of drug-likeness (QED) is 0.445. The van der Waals surface area contributed by atoms with Crippen molar-refractivity contribution in [1.29, 1.82) is 0 Å². The number of benzene rings is 2. The second kappa shape index (κ2) is 8.81. The number of carbonyl (C=O) groups excluding carboxylic acids is 2. The molecule has 2 amide bonds. The Morgan fingerprint density at radius 1 is 1.12 bits per heavy atom. The maximum absolute atomic E-state index is 12.8. The topological polar surface area (TPSA) is 125 Å². The molecule has 0 atom stereocenters.